The number of allylic oxidation sites excluding steroid dienone is 1. The zero-order chi connectivity index (χ0) is 10.6. The van der Waals surface area contributed by atoms with Crippen molar-refractivity contribution >= 4 is 50.7 Å². The van der Waals surface area contributed by atoms with E-state index in [1.54, 1.807) is 6.08 Å². The molecule has 1 rings (SSSR count). The van der Waals surface area contributed by atoms with Crippen LogP contribution in [0.1, 0.15) is 5.56 Å². The van der Waals surface area contributed by atoms with Crippen molar-refractivity contribution in [2.24, 2.45) is 0 Å². The van der Waals surface area contributed by atoms with E-state index >= 15 is 0 Å². The highest BCUT2D eigenvalue weighted by molar-refractivity contribution is 7.75. The lowest BCUT2D eigenvalue weighted by Crippen LogP contribution is -2.22. The summed E-state index contributed by atoms with van der Waals surface area (Å²) in [5, 5.41) is -0.411. The maximum Gasteiger partial charge on any atom is 0.415 e. The summed E-state index contributed by atoms with van der Waals surface area (Å²) in [7, 11) is 0. The maximum absolute atomic E-state index is 11.2. The molecular formula is C9H7Cl3OSi. The summed E-state index contributed by atoms with van der Waals surface area (Å²) in [6, 6.07) is 6.14. The first-order valence-electron chi connectivity index (χ1n) is 3.84. The standard InChI is InChI=1S/C9H7Cl3OSi/c10-14(11,12)9(13)7-6-8-4-2-1-3-5-8/h1-7H. The molecule has 0 spiro atoms. The second kappa shape index (κ2) is 4.98. The molecule has 1 nitrogen and oxygen atoms in total. The van der Waals surface area contributed by atoms with E-state index in [9.17, 15) is 4.79 Å². The Morgan fingerprint density at radius 3 is 2.21 bits per heavy atom. The molecule has 0 atom stereocenters. The van der Waals surface area contributed by atoms with E-state index in [2.05, 4.69) is 0 Å². The summed E-state index contributed by atoms with van der Waals surface area (Å²) >= 11 is 16.6. The van der Waals surface area contributed by atoms with E-state index in [4.69, 9.17) is 33.2 Å². The zero-order valence-corrected chi connectivity index (χ0v) is 10.4. The molecule has 5 heteroatoms. The Morgan fingerprint density at radius 2 is 1.71 bits per heavy atom. The van der Waals surface area contributed by atoms with Crippen molar-refractivity contribution in [1.82, 2.24) is 0 Å². The van der Waals surface area contributed by atoms with Crippen LogP contribution >= 0.6 is 33.2 Å². The average Bonchev–Trinajstić information content (AvgIpc) is 2.14. The molecule has 0 N–H and O–H groups in total. The number of rotatable bonds is 3. The normalized spacial score (nSPS) is 11.9. The highest BCUT2D eigenvalue weighted by Gasteiger charge is 2.33. The van der Waals surface area contributed by atoms with Crippen LogP contribution in [0.2, 0.25) is 0 Å². The minimum Gasteiger partial charge on any atom is -0.296 e. The summed E-state index contributed by atoms with van der Waals surface area (Å²) in [6.45, 7) is 0. The Morgan fingerprint density at radius 1 is 1.14 bits per heavy atom. The van der Waals surface area contributed by atoms with Gasteiger partial charge >= 0.3 is 6.00 Å². The van der Waals surface area contributed by atoms with Crippen molar-refractivity contribution in [1.29, 1.82) is 0 Å². The largest absolute Gasteiger partial charge is 0.415 e. The molecule has 0 unspecified atom stereocenters. The molecule has 0 aliphatic rings. The van der Waals surface area contributed by atoms with Gasteiger partial charge in [-0.1, -0.05) is 36.4 Å². The van der Waals surface area contributed by atoms with Gasteiger partial charge in [-0.3, -0.25) is 4.79 Å². The first-order valence-corrected chi connectivity index (χ1v) is 8.88. The Labute approximate surface area is 97.4 Å². The van der Waals surface area contributed by atoms with Crippen molar-refractivity contribution in [3.05, 3.63) is 42.0 Å². The van der Waals surface area contributed by atoms with Crippen LogP contribution in [-0.2, 0) is 4.79 Å². The monoisotopic (exact) mass is 264 g/mol. The van der Waals surface area contributed by atoms with Crippen LogP contribution in [0, 0.1) is 0 Å². The summed E-state index contributed by atoms with van der Waals surface area (Å²) < 4.78 is 0. The van der Waals surface area contributed by atoms with Gasteiger partial charge in [-0.15, -0.1) is 33.2 Å². The molecule has 0 aromatic heterocycles. The third kappa shape index (κ3) is 3.84. The lowest BCUT2D eigenvalue weighted by molar-refractivity contribution is -0.108. The van der Waals surface area contributed by atoms with Gasteiger partial charge in [0, 0.05) is 0 Å². The number of halogens is 3. The molecule has 74 valence electrons. The molecule has 14 heavy (non-hydrogen) atoms. The van der Waals surface area contributed by atoms with Crippen molar-refractivity contribution in [3.63, 3.8) is 0 Å². The molecule has 0 amide bonds. The van der Waals surface area contributed by atoms with E-state index in [0.29, 0.717) is 0 Å². The van der Waals surface area contributed by atoms with Crippen molar-refractivity contribution in [2.75, 3.05) is 0 Å². The fraction of sp³-hybridized carbons (Fsp3) is 0. The van der Waals surface area contributed by atoms with Gasteiger partial charge in [0.15, 0.2) is 5.41 Å². The van der Waals surface area contributed by atoms with Crippen LogP contribution in [0.4, 0.5) is 0 Å². The fourth-order valence-corrected chi connectivity index (χ4v) is 1.67. The zero-order valence-electron chi connectivity index (χ0n) is 7.08. The minimum absolute atomic E-state index is 0.411. The van der Waals surface area contributed by atoms with Crippen LogP contribution in [0.25, 0.3) is 6.08 Å². The highest BCUT2D eigenvalue weighted by Crippen LogP contribution is 2.21. The number of benzene rings is 1. The smallest absolute Gasteiger partial charge is 0.296 e. The Kier molecular flexibility index (Phi) is 4.20. The molecule has 0 fully saturated rings. The Balaban J connectivity index is 2.71. The molecule has 0 heterocycles. The number of carbonyl (C=O) groups is 1. The van der Waals surface area contributed by atoms with Gasteiger partial charge in [-0.05, 0) is 11.6 Å². The van der Waals surface area contributed by atoms with Crippen LogP contribution in [0.5, 0.6) is 0 Å². The second-order valence-electron chi connectivity index (χ2n) is 2.61. The van der Waals surface area contributed by atoms with E-state index in [1.807, 2.05) is 30.3 Å². The van der Waals surface area contributed by atoms with Gasteiger partial charge in [0.25, 0.3) is 0 Å². The molecule has 0 aliphatic carbocycles. The van der Waals surface area contributed by atoms with Crippen LogP contribution < -0.4 is 0 Å². The van der Waals surface area contributed by atoms with Crippen LogP contribution in [0.3, 0.4) is 0 Å². The number of carbonyl (C=O) groups excluding carboxylic acids is 1. The lowest BCUT2D eigenvalue weighted by atomic mass is 10.2. The third-order valence-electron chi connectivity index (χ3n) is 1.51. The molecule has 0 saturated heterocycles. The molecule has 1 aromatic carbocycles. The lowest BCUT2D eigenvalue weighted by Gasteiger charge is -2.00. The van der Waals surface area contributed by atoms with Gasteiger partial charge in [0.05, 0.1) is 0 Å². The van der Waals surface area contributed by atoms with Gasteiger partial charge in [0.2, 0.25) is 0 Å². The quantitative estimate of drug-likeness (QED) is 0.465. The molecular weight excluding hydrogens is 259 g/mol. The highest BCUT2D eigenvalue weighted by atomic mass is 35.8. The number of hydrogen-bond donors (Lipinski definition) is 0. The number of hydrogen-bond acceptors (Lipinski definition) is 1. The molecule has 0 bridgehead atoms. The molecule has 0 saturated carbocycles. The van der Waals surface area contributed by atoms with E-state index < -0.39 is 11.4 Å². The summed E-state index contributed by atoms with van der Waals surface area (Å²) in [6.07, 6.45) is 2.95. The van der Waals surface area contributed by atoms with Crippen molar-refractivity contribution in [3.8, 4) is 0 Å². The van der Waals surface area contributed by atoms with Crippen molar-refractivity contribution < 1.29 is 4.79 Å². The van der Waals surface area contributed by atoms with E-state index in [0.717, 1.165) is 5.56 Å². The molecule has 0 radical (unpaired) electrons. The second-order valence-corrected chi connectivity index (χ2v) is 10.9. The van der Waals surface area contributed by atoms with Crippen molar-refractivity contribution in [2.45, 2.75) is 0 Å². The van der Waals surface area contributed by atoms with Gasteiger partial charge in [0.1, 0.15) is 0 Å². The van der Waals surface area contributed by atoms with Gasteiger partial charge in [-0.25, -0.2) is 0 Å². The Hall–Kier alpha value is -0.283. The predicted octanol–water partition coefficient (Wildman–Crippen LogP) is 3.46. The Bertz CT molecular complexity index is 343. The van der Waals surface area contributed by atoms with Gasteiger partial charge in [-0.2, -0.15) is 0 Å². The average molecular weight is 266 g/mol. The third-order valence-corrected chi connectivity index (χ3v) is 3.91. The fourth-order valence-electron chi connectivity index (χ4n) is 0.831. The molecule has 0 aliphatic heterocycles. The summed E-state index contributed by atoms with van der Waals surface area (Å²) in [5.74, 6) is 0. The topological polar surface area (TPSA) is 17.1 Å². The first kappa shape index (κ1) is 11.8. The van der Waals surface area contributed by atoms with Gasteiger partial charge < -0.3 is 0 Å². The predicted molar refractivity (Wildman–Crippen MR) is 63.8 cm³/mol. The summed E-state index contributed by atoms with van der Waals surface area (Å²) in [5.41, 5.74) is 0.907. The SMILES string of the molecule is O=C(C=Cc1ccccc1)[Si](Cl)(Cl)Cl. The van der Waals surface area contributed by atoms with E-state index in [1.165, 1.54) is 6.08 Å². The maximum atomic E-state index is 11.2. The summed E-state index contributed by atoms with van der Waals surface area (Å²) in [4.78, 5) is 11.2. The van der Waals surface area contributed by atoms with E-state index in [-0.39, 0.29) is 0 Å². The molecule has 1 aromatic rings. The minimum atomic E-state index is -3.22. The van der Waals surface area contributed by atoms with Crippen LogP contribution in [-0.4, -0.2) is 11.4 Å². The first-order chi connectivity index (χ1) is 6.50. The van der Waals surface area contributed by atoms with Crippen LogP contribution in [0.15, 0.2) is 36.4 Å².